The van der Waals surface area contributed by atoms with Crippen molar-refractivity contribution in [3.05, 3.63) is 29.8 Å². The van der Waals surface area contributed by atoms with Crippen LogP contribution in [-0.2, 0) is 19.6 Å². The van der Waals surface area contributed by atoms with Crippen molar-refractivity contribution in [2.75, 3.05) is 18.1 Å². The molecule has 1 aromatic rings. The summed E-state index contributed by atoms with van der Waals surface area (Å²) >= 11 is 1.77. The third kappa shape index (κ3) is 3.78. The Hall–Kier alpha value is -1.05. The van der Waals surface area contributed by atoms with E-state index in [4.69, 9.17) is 4.74 Å². The van der Waals surface area contributed by atoms with E-state index in [-0.39, 0.29) is 11.0 Å². The molecule has 0 unspecified atom stereocenters. The van der Waals surface area contributed by atoms with Crippen LogP contribution in [0.25, 0.3) is 0 Å². The molecular weight excluding hydrogens is 346 g/mol. The van der Waals surface area contributed by atoms with Gasteiger partial charge in [0.15, 0.2) is 0 Å². The van der Waals surface area contributed by atoms with Crippen LogP contribution in [0.5, 0.6) is 0 Å². The summed E-state index contributed by atoms with van der Waals surface area (Å²) in [6.45, 7) is 2.28. The zero-order chi connectivity index (χ0) is 17.2. The maximum atomic E-state index is 13.0. The SMILES string of the molecule is Cc1ccc(S(=O)(=O)N2CCCC[C@H]2C(=O)O[C@@H]2CCSC2)cc1. The van der Waals surface area contributed by atoms with Gasteiger partial charge in [-0.2, -0.15) is 16.1 Å². The fourth-order valence-corrected chi connectivity index (χ4v) is 5.86. The first-order chi connectivity index (χ1) is 11.5. The fraction of sp³-hybridized carbons (Fsp3) is 0.588. The number of thioether (sulfide) groups is 1. The lowest BCUT2D eigenvalue weighted by molar-refractivity contribution is -0.153. The molecule has 2 fully saturated rings. The summed E-state index contributed by atoms with van der Waals surface area (Å²) in [5, 5.41) is 0. The highest BCUT2D eigenvalue weighted by molar-refractivity contribution is 7.99. The lowest BCUT2D eigenvalue weighted by Gasteiger charge is -2.33. The number of hydrogen-bond donors (Lipinski definition) is 0. The molecule has 0 aliphatic carbocycles. The monoisotopic (exact) mass is 369 g/mol. The van der Waals surface area contributed by atoms with E-state index in [1.807, 2.05) is 6.92 Å². The van der Waals surface area contributed by atoms with E-state index in [0.29, 0.717) is 13.0 Å². The van der Waals surface area contributed by atoms with Crippen molar-refractivity contribution in [1.82, 2.24) is 4.31 Å². The quantitative estimate of drug-likeness (QED) is 0.764. The van der Waals surface area contributed by atoms with Crippen molar-refractivity contribution in [3.63, 3.8) is 0 Å². The minimum absolute atomic E-state index is 0.0756. The Balaban J connectivity index is 1.80. The number of carbonyl (C=O) groups is 1. The highest BCUT2D eigenvalue weighted by atomic mass is 32.2. The number of carbonyl (C=O) groups excluding carboxylic acids is 1. The Morgan fingerprint density at radius 2 is 1.96 bits per heavy atom. The molecule has 1 aromatic carbocycles. The summed E-state index contributed by atoms with van der Waals surface area (Å²) in [6.07, 6.45) is 2.93. The van der Waals surface area contributed by atoms with E-state index in [1.54, 1.807) is 36.0 Å². The average molecular weight is 370 g/mol. The molecule has 0 saturated carbocycles. The zero-order valence-corrected chi connectivity index (χ0v) is 15.4. The van der Waals surface area contributed by atoms with Gasteiger partial charge in [-0.15, -0.1) is 0 Å². The first-order valence-electron chi connectivity index (χ1n) is 8.35. The largest absolute Gasteiger partial charge is 0.460 e. The van der Waals surface area contributed by atoms with E-state index in [0.717, 1.165) is 36.3 Å². The molecule has 0 bridgehead atoms. The van der Waals surface area contributed by atoms with Crippen LogP contribution in [0.1, 0.15) is 31.2 Å². The van der Waals surface area contributed by atoms with Gasteiger partial charge in [0, 0.05) is 12.3 Å². The summed E-state index contributed by atoms with van der Waals surface area (Å²) in [7, 11) is -3.68. The van der Waals surface area contributed by atoms with E-state index >= 15 is 0 Å². The van der Waals surface area contributed by atoms with Crippen LogP contribution in [0.2, 0.25) is 0 Å². The Morgan fingerprint density at radius 1 is 1.21 bits per heavy atom. The second kappa shape index (κ2) is 7.45. The molecule has 2 heterocycles. The number of esters is 1. The molecule has 0 radical (unpaired) electrons. The Labute approximate surface area is 147 Å². The predicted molar refractivity (Wildman–Crippen MR) is 94.5 cm³/mol. The third-order valence-electron chi connectivity index (χ3n) is 4.52. The van der Waals surface area contributed by atoms with Gasteiger partial charge in [-0.1, -0.05) is 17.7 Å². The van der Waals surface area contributed by atoms with E-state index in [9.17, 15) is 13.2 Å². The second-order valence-corrected chi connectivity index (χ2v) is 9.40. The molecule has 5 nitrogen and oxygen atoms in total. The van der Waals surface area contributed by atoms with Gasteiger partial charge in [0.05, 0.1) is 4.90 Å². The summed E-state index contributed by atoms with van der Waals surface area (Å²) in [5.41, 5.74) is 1.00. The minimum atomic E-state index is -3.68. The first kappa shape index (κ1) is 17.8. The van der Waals surface area contributed by atoms with E-state index in [1.165, 1.54) is 4.31 Å². The summed E-state index contributed by atoms with van der Waals surface area (Å²) in [4.78, 5) is 12.8. The van der Waals surface area contributed by atoms with Crippen LogP contribution in [0.4, 0.5) is 0 Å². The molecule has 0 amide bonds. The van der Waals surface area contributed by atoms with E-state index < -0.39 is 22.0 Å². The maximum absolute atomic E-state index is 13.0. The van der Waals surface area contributed by atoms with Crippen molar-refractivity contribution in [3.8, 4) is 0 Å². The van der Waals surface area contributed by atoms with Crippen LogP contribution in [-0.4, -0.2) is 48.9 Å². The number of nitrogens with zero attached hydrogens (tertiary/aromatic N) is 1. The molecule has 3 rings (SSSR count). The highest BCUT2D eigenvalue weighted by Gasteiger charge is 2.39. The summed E-state index contributed by atoms with van der Waals surface area (Å²) in [5.74, 6) is 1.41. The van der Waals surface area contributed by atoms with Crippen molar-refractivity contribution in [1.29, 1.82) is 0 Å². The van der Waals surface area contributed by atoms with Crippen molar-refractivity contribution < 1.29 is 17.9 Å². The Morgan fingerprint density at radius 3 is 2.62 bits per heavy atom. The molecule has 7 heteroatoms. The molecule has 2 aliphatic rings. The van der Waals surface area contributed by atoms with Crippen LogP contribution in [0.15, 0.2) is 29.2 Å². The normalized spacial score (nSPS) is 25.5. The van der Waals surface area contributed by atoms with Gasteiger partial charge in [-0.25, -0.2) is 8.42 Å². The predicted octanol–water partition coefficient (Wildman–Crippen LogP) is 2.59. The third-order valence-corrected chi connectivity index (χ3v) is 7.58. The van der Waals surface area contributed by atoms with Gasteiger partial charge >= 0.3 is 5.97 Å². The number of rotatable bonds is 4. The molecule has 24 heavy (non-hydrogen) atoms. The Kier molecular flexibility index (Phi) is 5.52. The van der Waals surface area contributed by atoms with Crippen molar-refractivity contribution in [2.45, 2.75) is 49.6 Å². The topological polar surface area (TPSA) is 63.7 Å². The molecule has 132 valence electrons. The molecule has 0 N–H and O–H groups in total. The fourth-order valence-electron chi connectivity index (χ4n) is 3.12. The molecule has 0 aromatic heterocycles. The number of aryl methyl sites for hydroxylation is 1. The van der Waals surface area contributed by atoms with Crippen LogP contribution in [0, 0.1) is 6.92 Å². The van der Waals surface area contributed by atoms with E-state index in [2.05, 4.69) is 0 Å². The smallest absolute Gasteiger partial charge is 0.324 e. The summed E-state index contributed by atoms with van der Waals surface area (Å²) in [6, 6.07) is 6.07. The van der Waals surface area contributed by atoms with Gasteiger partial charge < -0.3 is 4.74 Å². The lowest BCUT2D eigenvalue weighted by atomic mass is 10.1. The first-order valence-corrected chi connectivity index (χ1v) is 10.9. The highest BCUT2D eigenvalue weighted by Crippen LogP contribution is 2.28. The molecule has 2 atom stereocenters. The second-order valence-electron chi connectivity index (χ2n) is 6.36. The average Bonchev–Trinajstić information content (AvgIpc) is 3.08. The lowest BCUT2D eigenvalue weighted by Crippen LogP contribution is -2.49. The Bertz CT molecular complexity index is 681. The van der Waals surface area contributed by atoms with Gasteiger partial charge in [0.1, 0.15) is 12.1 Å². The van der Waals surface area contributed by atoms with Crippen LogP contribution >= 0.6 is 11.8 Å². The summed E-state index contributed by atoms with van der Waals surface area (Å²) < 4.78 is 32.8. The number of benzene rings is 1. The van der Waals surface area contributed by atoms with Gasteiger partial charge in [0.25, 0.3) is 0 Å². The molecule has 2 saturated heterocycles. The zero-order valence-electron chi connectivity index (χ0n) is 13.8. The van der Waals surface area contributed by atoms with Gasteiger partial charge in [0.2, 0.25) is 10.0 Å². The molecule has 0 spiro atoms. The number of piperidine rings is 1. The molecule has 2 aliphatic heterocycles. The number of ether oxygens (including phenoxy) is 1. The number of hydrogen-bond acceptors (Lipinski definition) is 5. The van der Waals surface area contributed by atoms with Crippen LogP contribution < -0.4 is 0 Å². The standard InChI is InChI=1S/C17H23NO4S2/c1-13-5-7-15(8-6-13)24(20,21)18-10-3-2-4-16(18)17(19)22-14-9-11-23-12-14/h5-8,14,16H,2-4,9-12H2,1H3/t14-,16+/m1/s1. The van der Waals surface area contributed by atoms with Crippen molar-refractivity contribution >= 4 is 27.8 Å². The van der Waals surface area contributed by atoms with Crippen molar-refractivity contribution in [2.24, 2.45) is 0 Å². The number of sulfonamides is 1. The van der Waals surface area contributed by atoms with Gasteiger partial charge in [-0.3, -0.25) is 4.79 Å². The van der Waals surface area contributed by atoms with Gasteiger partial charge in [-0.05, 0) is 50.5 Å². The minimum Gasteiger partial charge on any atom is -0.460 e. The molecular formula is C17H23NO4S2. The van der Waals surface area contributed by atoms with Crippen LogP contribution in [0.3, 0.4) is 0 Å². The maximum Gasteiger partial charge on any atom is 0.324 e.